The van der Waals surface area contributed by atoms with Gasteiger partial charge < -0.3 is 10.1 Å². The van der Waals surface area contributed by atoms with Gasteiger partial charge in [0.2, 0.25) is 0 Å². The van der Waals surface area contributed by atoms with Crippen molar-refractivity contribution in [2.24, 2.45) is 0 Å². The minimum Gasteiger partial charge on any atom is -0.375 e. The number of rotatable bonds is 2. The summed E-state index contributed by atoms with van der Waals surface area (Å²) in [6, 6.07) is 4.73. The Kier molecular flexibility index (Phi) is 4.09. The molecule has 1 heterocycles. The molecule has 0 fully saturated rings. The summed E-state index contributed by atoms with van der Waals surface area (Å²) in [4.78, 5) is 0. The lowest BCUT2D eigenvalue weighted by atomic mass is 10.1. The van der Waals surface area contributed by atoms with E-state index in [1.807, 2.05) is 0 Å². The minimum atomic E-state index is 0.304. The maximum Gasteiger partial charge on any atom is 0.0710 e. The Hall–Kier alpha value is -0.550. The van der Waals surface area contributed by atoms with Gasteiger partial charge >= 0.3 is 0 Å². The summed E-state index contributed by atoms with van der Waals surface area (Å²) in [5.74, 6) is 0. The molecule has 3 heteroatoms. The number of hydrogen-bond donors (Lipinski definition) is 1. The molecular weight excluding hydrogens is 325 g/mol. The summed E-state index contributed by atoms with van der Waals surface area (Å²) < 4.78 is 6.76. The van der Waals surface area contributed by atoms with E-state index in [1.165, 1.54) is 26.0 Å². The molecule has 0 saturated heterocycles. The van der Waals surface area contributed by atoms with Gasteiger partial charge in [0.15, 0.2) is 0 Å². The van der Waals surface area contributed by atoms with Gasteiger partial charge in [-0.25, -0.2) is 0 Å². The average Bonchev–Trinajstić information content (AvgIpc) is 2.25. The fourth-order valence-corrected chi connectivity index (χ4v) is 3.15. The fraction of sp³-hybridized carbons (Fsp3) is 0.429. The third kappa shape index (κ3) is 3.01. The molecule has 0 bridgehead atoms. The van der Waals surface area contributed by atoms with Gasteiger partial charge in [0.1, 0.15) is 0 Å². The Morgan fingerprint density at radius 3 is 2.71 bits per heavy atom. The second-order valence-electron chi connectivity index (χ2n) is 4.62. The maximum atomic E-state index is 5.49. The van der Waals surface area contributed by atoms with E-state index in [0.29, 0.717) is 6.04 Å². The van der Waals surface area contributed by atoms with Crippen LogP contribution in [0, 0.1) is 17.4 Å². The molecule has 1 atom stereocenters. The molecule has 0 spiro atoms. The molecule has 0 aromatic heterocycles. The van der Waals surface area contributed by atoms with E-state index in [1.54, 1.807) is 0 Å². The van der Waals surface area contributed by atoms with Gasteiger partial charge in [-0.05, 0) is 60.6 Å². The van der Waals surface area contributed by atoms with Crippen LogP contribution in [0.3, 0.4) is 0 Å². The lowest BCUT2D eigenvalue weighted by Gasteiger charge is -2.26. The second-order valence-corrected chi connectivity index (χ2v) is 5.78. The molecular formula is C14H18INO. The molecule has 1 unspecified atom stereocenters. The first-order valence-corrected chi connectivity index (χ1v) is 6.93. The van der Waals surface area contributed by atoms with Gasteiger partial charge in [0, 0.05) is 3.57 Å². The topological polar surface area (TPSA) is 21.3 Å². The number of nitrogens with one attached hydrogen (secondary N) is 1. The van der Waals surface area contributed by atoms with Crippen molar-refractivity contribution in [2.75, 3.05) is 18.5 Å². The van der Waals surface area contributed by atoms with Crippen molar-refractivity contribution in [2.45, 2.75) is 26.8 Å². The summed E-state index contributed by atoms with van der Waals surface area (Å²) in [5.41, 5.74) is 5.21. The van der Waals surface area contributed by atoms with Gasteiger partial charge in [-0.1, -0.05) is 17.7 Å². The lowest BCUT2D eigenvalue weighted by Crippen LogP contribution is -2.30. The van der Waals surface area contributed by atoms with Crippen LogP contribution in [0.15, 0.2) is 23.8 Å². The van der Waals surface area contributed by atoms with Gasteiger partial charge in [-0.3, -0.25) is 0 Å². The van der Waals surface area contributed by atoms with Crippen LogP contribution in [0.5, 0.6) is 0 Å². The zero-order valence-corrected chi connectivity index (χ0v) is 12.7. The molecule has 0 radical (unpaired) electrons. The maximum absolute atomic E-state index is 5.49. The van der Waals surface area contributed by atoms with Crippen molar-refractivity contribution in [3.8, 4) is 0 Å². The van der Waals surface area contributed by atoms with Gasteiger partial charge in [0.25, 0.3) is 0 Å². The summed E-state index contributed by atoms with van der Waals surface area (Å²) in [6.07, 6.45) is 2.15. The first-order chi connectivity index (χ1) is 8.08. The highest BCUT2D eigenvalue weighted by Crippen LogP contribution is 2.26. The minimum absolute atomic E-state index is 0.304. The highest BCUT2D eigenvalue weighted by molar-refractivity contribution is 14.1. The van der Waals surface area contributed by atoms with Crippen LogP contribution in [0.2, 0.25) is 0 Å². The molecule has 0 aliphatic carbocycles. The number of aryl methyl sites for hydroxylation is 2. The van der Waals surface area contributed by atoms with Crippen molar-refractivity contribution in [1.29, 1.82) is 0 Å². The van der Waals surface area contributed by atoms with Crippen LogP contribution in [-0.2, 0) is 4.74 Å². The summed E-state index contributed by atoms with van der Waals surface area (Å²) in [7, 11) is 0. The van der Waals surface area contributed by atoms with Crippen LogP contribution in [0.1, 0.15) is 18.1 Å². The normalized spacial score (nSPS) is 20.0. The summed E-state index contributed by atoms with van der Waals surface area (Å²) in [5, 5.41) is 3.59. The molecule has 1 aromatic rings. The molecule has 1 aliphatic rings. The van der Waals surface area contributed by atoms with Crippen molar-refractivity contribution in [3.63, 3.8) is 0 Å². The molecule has 1 aliphatic heterocycles. The predicted octanol–water partition coefficient (Wildman–Crippen LogP) is 3.67. The molecule has 1 N–H and O–H groups in total. The van der Waals surface area contributed by atoms with Crippen LogP contribution in [0.25, 0.3) is 0 Å². The molecule has 17 heavy (non-hydrogen) atoms. The van der Waals surface area contributed by atoms with E-state index >= 15 is 0 Å². The SMILES string of the molecule is CC1=CCOCC1Nc1c(C)cc(C)cc1I. The third-order valence-corrected chi connectivity index (χ3v) is 3.96. The Balaban J connectivity index is 2.24. The standard InChI is InChI=1S/C14H18INO/c1-9-6-11(3)14(12(15)7-9)16-13-8-17-5-4-10(13)2/h4,6-7,13,16H,5,8H2,1-3H3. The van der Waals surface area contributed by atoms with Crippen LogP contribution in [0.4, 0.5) is 5.69 Å². The number of halogens is 1. The van der Waals surface area contributed by atoms with Crippen LogP contribution < -0.4 is 5.32 Å². The molecule has 2 nitrogen and oxygen atoms in total. The van der Waals surface area contributed by atoms with Crippen LogP contribution >= 0.6 is 22.6 Å². The van der Waals surface area contributed by atoms with Gasteiger partial charge in [0.05, 0.1) is 24.9 Å². The highest BCUT2D eigenvalue weighted by atomic mass is 127. The number of ether oxygens (including phenoxy) is 1. The Labute approximate surface area is 117 Å². The average molecular weight is 343 g/mol. The number of anilines is 1. The smallest absolute Gasteiger partial charge is 0.0710 e. The van der Waals surface area contributed by atoms with E-state index in [-0.39, 0.29) is 0 Å². The molecule has 1 aromatic carbocycles. The van der Waals surface area contributed by atoms with E-state index in [4.69, 9.17) is 4.74 Å². The summed E-state index contributed by atoms with van der Waals surface area (Å²) >= 11 is 2.39. The first kappa shape index (κ1) is 12.9. The van der Waals surface area contributed by atoms with E-state index in [9.17, 15) is 0 Å². The largest absolute Gasteiger partial charge is 0.375 e. The monoisotopic (exact) mass is 343 g/mol. The van der Waals surface area contributed by atoms with Gasteiger partial charge in [-0.2, -0.15) is 0 Å². The number of hydrogen-bond acceptors (Lipinski definition) is 2. The van der Waals surface area contributed by atoms with Crippen molar-refractivity contribution < 1.29 is 4.74 Å². The first-order valence-electron chi connectivity index (χ1n) is 5.85. The van der Waals surface area contributed by atoms with Crippen LogP contribution in [-0.4, -0.2) is 19.3 Å². The molecule has 2 rings (SSSR count). The van der Waals surface area contributed by atoms with Crippen molar-refractivity contribution in [1.82, 2.24) is 0 Å². The zero-order valence-electron chi connectivity index (χ0n) is 10.5. The van der Waals surface area contributed by atoms with Gasteiger partial charge in [-0.15, -0.1) is 0 Å². The highest BCUT2D eigenvalue weighted by Gasteiger charge is 2.16. The van der Waals surface area contributed by atoms with E-state index < -0.39 is 0 Å². The Morgan fingerprint density at radius 2 is 2.06 bits per heavy atom. The number of benzene rings is 1. The summed E-state index contributed by atoms with van der Waals surface area (Å²) in [6.45, 7) is 7.95. The predicted molar refractivity (Wildman–Crippen MR) is 80.6 cm³/mol. The molecule has 0 saturated carbocycles. The quantitative estimate of drug-likeness (QED) is 0.654. The van der Waals surface area contributed by atoms with E-state index in [0.717, 1.165) is 13.2 Å². The van der Waals surface area contributed by atoms with Crippen molar-refractivity contribution in [3.05, 3.63) is 38.5 Å². The van der Waals surface area contributed by atoms with Crippen molar-refractivity contribution >= 4 is 28.3 Å². The Bertz CT molecular complexity index is 431. The van der Waals surface area contributed by atoms with E-state index in [2.05, 4.69) is 66.9 Å². The zero-order chi connectivity index (χ0) is 12.4. The lowest BCUT2D eigenvalue weighted by molar-refractivity contribution is 0.147. The fourth-order valence-electron chi connectivity index (χ4n) is 2.08. The second kappa shape index (κ2) is 5.40. The Morgan fingerprint density at radius 1 is 1.29 bits per heavy atom. The third-order valence-electron chi connectivity index (χ3n) is 3.11. The molecule has 0 amide bonds. The molecule has 92 valence electrons.